The monoisotopic (exact) mass is 240 g/mol. The lowest BCUT2D eigenvalue weighted by Gasteiger charge is -2.46. The summed E-state index contributed by atoms with van der Waals surface area (Å²) < 4.78 is 4.84. The van der Waals surface area contributed by atoms with Crippen LogP contribution in [0.25, 0.3) is 0 Å². The Morgan fingerprint density at radius 3 is 2.65 bits per heavy atom. The van der Waals surface area contributed by atoms with Crippen LogP contribution in [0.2, 0.25) is 0 Å². The molecule has 2 aliphatic rings. The predicted molar refractivity (Wildman–Crippen MR) is 59.6 cm³/mol. The van der Waals surface area contributed by atoms with Crippen molar-refractivity contribution >= 4 is 12.1 Å². The molecule has 0 unspecified atom stereocenters. The number of ether oxygens (including phenoxy) is 1. The van der Waals surface area contributed by atoms with Crippen molar-refractivity contribution in [2.24, 2.45) is 0 Å². The third-order valence-electron chi connectivity index (χ3n) is 2.97. The molecule has 0 radical (unpaired) electrons. The van der Waals surface area contributed by atoms with Gasteiger partial charge in [0.05, 0.1) is 13.1 Å². The first kappa shape index (κ1) is 11.9. The van der Waals surface area contributed by atoms with Crippen molar-refractivity contribution in [1.82, 2.24) is 10.2 Å². The van der Waals surface area contributed by atoms with Crippen LogP contribution >= 0.6 is 0 Å². The third kappa shape index (κ3) is 2.41. The Kier molecular flexibility index (Phi) is 3.06. The highest BCUT2D eigenvalue weighted by molar-refractivity contribution is 5.84. The van der Waals surface area contributed by atoms with Crippen molar-refractivity contribution in [3.8, 4) is 0 Å². The molecule has 1 aliphatic carbocycles. The van der Waals surface area contributed by atoms with Crippen molar-refractivity contribution in [2.45, 2.75) is 24.4 Å². The zero-order valence-corrected chi connectivity index (χ0v) is 9.52. The van der Waals surface area contributed by atoms with Crippen LogP contribution in [0.4, 0.5) is 4.79 Å². The number of rotatable bonds is 5. The van der Waals surface area contributed by atoms with E-state index in [9.17, 15) is 14.7 Å². The number of hydrogen-bond donors (Lipinski definition) is 2. The summed E-state index contributed by atoms with van der Waals surface area (Å²) in [5.41, 5.74) is -0.978. The minimum absolute atomic E-state index is 0.144. The Balaban J connectivity index is 1.86. The molecule has 0 atom stereocenters. The molecular formula is C11H16N2O4. The van der Waals surface area contributed by atoms with Gasteiger partial charge in [-0.15, -0.1) is 0 Å². The maximum absolute atomic E-state index is 11.4. The van der Waals surface area contributed by atoms with Crippen molar-refractivity contribution in [2.75, 3.05) is 19.7 Å². The number of nitrogens with one attached hydrogen (secondary N) is 1. The van der Waals surface area contributed by atoms with Crippen molar-refractivity contribution < 1.29 is 19.4 Å². The predicted octanol–water partition coefficient (Wildman–Crippen LogP) is 0.200. The van der Waals surface area contributed by atoms with Crippen LogP contribution < -0.4 is 5.32 Å². The van der Waals surface area contributed by atoms with Crippen LogP contribution in [-0.2, 0) is 9.53 Å². The van der Waals surface area contributed by atoms with Crippen LogP contribution in [0.3, 0.4) is 0 Å². The first-order valence-corrected chi connectivity index (χ1v) is 5.61. The molecule has 0 aromatic rings. The number of nitrogens with zero attached hydrogens (tertiary/aromatic N) is 1. The first-order chi connectivity index (χ1) is 8.07. The van der Waals surface area contributed by atoms with E-state index < -0.39 is 17.6 Å². The van der Waals surface area contributed by atoms with Gasteiger partial charge < -0.3 is 14.7 Å². The topological polar surface area (TPSA) is 78.9 Å². The summed E-state index contributed by atoms with van der Waals surface area (Å²) in [5.74, 6) is -0.905. The maximum Gasteiger partial charge on any atom is 0.410 e. The number of carbonyl (C=O) groups is 2. The van der Waals surface area contributed by atoms with Gasteiger partial charge in [-0.3, -0.25) is 10.1 Å². The van der Waals surface area contributed by atoms with Gasteiger partial charge in [0.2, 0.25) is 0 Å². The zero-order valence-electron chi connectivity index (χ0n) is 9.52. The maximum atomic E-state index is 11.4. The highest BCUT2D eigenvalue weighted by atomic mass is 16.6. The molecule has 2 fully saturated rings. The molecule has 1 heterocycles. The first-order valence-electron chi connectivity index (χ1n) is 5.61. The molecule has 0 spiro atoms. The Bertz CT molecular complexity index is 345. The summed E-state index contributed by atoms with van der Waals surface area (Å²) in [7, 11) is 0. The van der Waals surface area contributed by atoms with Crippen molar-refractivity contribution in [3.63, 3.8) is 0 Å². The van der Waals surface area contributed by atoms with Gasteiger partial charge >= 0.3 is 12.1 Å². The van der Waals surface area contributed by atoms with Crippen molar-refractivity contribution in [3.05, 3.63) is 12.7 Å². The van der Waals surface area contributed by atoms with Gasteiger partial charge in [0.1, 0.15) is 6.61 Å². The summed E-state index contributed by atoms with van der Waals surface area (Å²) in [4.78, 5) is 24.0. The second-order valence-corrected chi connectivity index (χ2v) is 4.53. The molecule has 2 N–H and O–H groups in total. The highest BCUT2D eigenvalue weighted by Crippen LogP contribution is 2.29. The van der Waals surface area contributed by atoms with Crippen LogP contribution in [0, 0.1) is 0 Å². The number of aliphatic carboxylic acids is 1. The second kappa shape index (κ2) is 4.37. The van der Waals surface area contributed by atoms with E-state index >= 15 is 0 Å². The quantitative estimate of drug-likeness (QED) is 0.671. The summed E-state index contributed by atoms with van der Waals surface area (Å²) in [5, 5.41) is 12.3. The summed E-state index contributed by atoms with van der Waals surface area (Å²) in [6.45, 7) is 3.91. The van der Waals surface area contributed by atoms with Crippen LogP contribution in [0.5, 0.6) is 0 Å². The number of likely N-dealkylation sites (tertiary alicyclic amines) is 1. The summed E-state index contributed by atoms with van der Waals surface area (Å²) in [6.07, 6.45) is 3.01. The van der Waals surface area contributed by atoms with E-state index in [1.807, 2.05) is 0 Å². The van der Waals surface area contributed by atoms with Gasteiger partial charge in [0.15, 0.2) is 5.54 Å². The normalized spacial score (nSPS) is 21.5. The SMILES string of the molecule is C=CCOC(=O)N1CC(NC2CC2)(C(=O)O)C1. The van der Waals surface area contributed by atoms with E-state index in [2.05, 4.69) is 11.9 Å². The summed E-state index contributed by atoms with van der Waals surface area (Å²) >= 11 is 0. The zero-order chi connectivity index (χ0) is 12.5. The van der Waals surface area contributed by atoms with Gasteiger partial charge in [0, 0.05) is 6.04 Å². The molecule has 1 aliphatic heterocycles. The van der Waals surface area contributed by atoms with Crippen LogP contribution in [0.1, 0.15) is 12.8 Å². The number of amides is 1. The number of carboxylic acids is 1. The smallest absolute Gasteiger partial charge is 0.410 e. The fourth-order valence-corrected chi connectivity index (χ4v) is 1.86. The van der Waals surface area contributed by atoms with Crippen molar-refractivity contribution in [1.29, 1.82) is 0 Å². The summed E-state index contributed by atoms with van der Waals surface area (Å²) in [6, 6.07) is 0.289. The molecule has 94 valence electrons. The van der Waals surface area contributed by atoms with E-state index in [1.54, 1.807) is 0 Å². The molecule has 1 saturated heterocycles. The fraction of sp³-hybridized carbons (Fsp3) is 0.636. The molecule has 0 bridgehead atoms. The average Bonchev–Trinajstić information content (AvgIpc) is 3.02. The largest absolute Gasteiger partial charge is 0.480 e. The minimum atomic E-state index is -0.978. The van der Waals surface area contributed by atoms with E-state index in [0.29, 0.717) is 0 Å². The van der Waals surface area contributed by atoms with Gasteiger partial charge in [-0.2, -0.15) is 0 Å². The van der Waals surface area contributed by atoms with Crippen LogP contribution in [-0.4, -0.2) is 53.3 Å². The molecule has 6 nitrogen and oxygen atoms in total. The molecule has 6 heteroatoms. The van der Waals surface area contributed by atoms with Gasteiger partial charge in [-0.25, -0.2) is 4.79 Å². The minimum Gasteiger partial charge on any atom is -0.480 e. The number of hydrogen-bond acceptors (Lipinski definition) is 4. The Morgan fingerprint density at radius 1 is 1.53 bits per heavy atom. The van der Waals surface area contributed by atoms with E-state index in [4.69, 9.17) is 4.74 Å². The van der Waals surface area contributed by atoms with Gasteiger partial charge in [0.25, 0.3) is 0 Å². The second-order valence-electron chi connectivity index (χ2n) is 4.53. The third-order valence-corrected chi connectivity index (χ3v) is 2.97. The molecule has 2 rings (SSSR count). The lowest BCUT2D eigenvalue weighted by Crippen LogP contribution is -2.74. The standard InChI is InChI=1S/C11H16N2O4/c1-2-5-17-10(16)13-6-11(7-13,9(14)15)12-8-3-4-8/h2,8,12H,1,3-7H2,(H,14,15). The molecule has 1 saturated carbocycles. The fourth-order valence-electron chi connectivity index (χ4n) is 1.86. The van der Waals surface area contributed by atoms with Crippen LogP contribution in [0.15, 0.2) is 12.7 Å². The highest BCUT2D eigenvalue weighted by Gasteiger charge is 2.53. The Hall–Kier alpha value is -1.56. The number of carbonyl (C=O) groups excluding carboxylic acids is 1. The molecule has 0 aromatic carbocycles. The molecular weight excluding hydrogens is 224 g/mol. The van der Waals surface area contributed by atoms with E-state index in [-0.39, 0.29) is 25.7 Å². The number of carboxylic acid groups (broad SMARTS) is 1. The lowest BCUT2D eigenvalue weighted by molar-refractivity contribution is -0.151. The molecule has 17 heavy (non-hydrogen) atoms. The Labute approximate surface area is 99.2 Å². The molecule has 0 aromatic heterocycles. The van der Waals surface area contributed by atoms with E-state index in [1.165, 1.54) is 11.0 Å². The van der Waals surface area contributed by atoms with Gasteiger partial charge in [-0.1, -0.05) is 12.7 Å². The van der Waals surface area contributed by atoms with Gasteiger partial charge in [-0.05, 0) is 12.8 Å². The Morgan fingerprint density at radius 2 is 2.18 bits per heavy atom. The average molecular weight is 240 g/mol. The lowest BCUT2D eigenvalue weighted by atomic mass is 9.90. The van der Waals surface area contributed by atoms with E-state index in [0.717, 1.165) is 12.8 Å². The molecule has 1 amide bonds.